The highest BCUT2D eigenvalue weighted by Gasteiger charge is 2.27. The number of hydrogen-bond acceptors (Lipinski definition) is 3. The summed E-state index contributed by atoms with van der Waals surface area (Å²) in [7, 11) is 1.63. The second-order valence-corrected chi connectivity index (χ2v) is 4.08. The third-order valence-corrected chi connectivity index (χ3v) is 2.30. The first-order valence-electron chi connectivity index (χ1n) is 4.57. The van der Waals surface area contributed by atoms with E-state index in [9.17, 15) is 4.79 Å². The van der Waals surface area contributed by atoms with Crippen LogP contribution in [0.15, 0.2) is 0 Å². The molecule has 0 aliphatic carbocycles. The summed E-state index contributed by atoms with van der Waals surface area (Å²) in [6, 6.07) is 0. The molecule has 1 atom stereocenters. The summed E-state index contributed by atoms with van der Waals surface area (Å²) < 4.78 is 0. The summed E-state index contributed by atoms with van der Waals surface area (Å²) in [5.41, 5.74) is 5.49. The summed E-state index contributed by atoms with van der Waals surface area (Å²) in [6.07, 6.45) is 0. The average Bonchev–Trinajstić information content (AvgIpc) is 2.03. The predicted octanol–water partition coefficient (Wildman–Crippen LogP) is -0.00460. The quantitative estimate of drug-likeness (QED) is 0.637. The van der Waals surface area contributed by atoms with Crippen LogP contribution in [-0.4, -0.2) is 41.1 Å². The number of likely N-dealkylation sites (N-methyl/N-ethyl adjacent to an activating group) is 1. The van der Waals surface area contributed by atoms with Gasteiger partial charge in [0.15, 0.2) is 0 Å². The third-order valence-electron chi connectivity index (χ3n) is 2.05. The first-order valence-corrected chi connectivity index (χ1v) is 4.97. The van der Waals surface area contributed by atoms with Crippen LogP contribution in [-0.2, 0) is 4.79 Å². The lowest BCUT2D eigenvalue weighted by Gasteiger charge is -2.24. The van der Waals surface area contributed by atoms with E-state index in [0.29, 0.717) is 6.54 Å². The van der Waals surface area contributed by atoms with Crippen molar-refractivity contribution in [1.29, 1.82) is 0 Å². The van der Waals surface area contributed by atoms with E-state index in [-0.39, 0.29) is 23.4 Å². The molecule has 0 aliphatic rings. The fourth-order valence-electron chi connectivity index (χ4n) is 1.23. The molecule has 0 saturated heterocycles. The van der Waals surface area contributed by atoms with Gasteiger partial charge in [-0.15, -0.1) is 0 Å². The zero-order valence-corrected chi connectivity index (χ0v) is 9.67. The van der Waals surface area contributed by atoms with Crippen molar-refractivity contribution in [1.82, 2.24) is 4.90 Å². The molecule has 0 aromatic carbocycles. The number of nitrogens with two attached hydrogens (primary N) is 1. The molecule has 14 heavy (non-hydrogen) atoms. The monoisotopic (exact) mass is 218 g/mol. The third kappa shape index (κ3) is 3.59. The van der Waals surface area contributed by atoms with Crippen LogP contribution in [0.1, 0.15) is 13.8 Å². The molecule has 1 unspecified atom stereocenters. The predicted molar refractivity (Wildman–Crippen MR) is 59.8 cm³/mol. The lowest BCUT2D eigenvalue weighted by molar-refractivity contribution is -0.133. The number of thiocarbonyl (C=S) groups is 1. The summed E-state index contributed by atoms with van der Waals surface area (Å²) >= 11 is 4.84. The molecule has 1 amide bonds. The van der Waals surface area contributed by atoms with Gasteiger partial charge in [0.1, 0.15) is 0 Å². The SMILES string of the molecule is CC(C)C(C(=O)N(C)CCO)C(N)=S. The molecule has 0 aromatic heterocycles. The maximum atomic E-state index is 11.8. The van der Waals surface area contributed by atoms with E-state index in [1.54, 1.807) is 7.05 Å². The lowest BCUT2D eigenvalue weighted by Crippen LogP contribution is -2.42. The molecule has 0 radical (unpaired) electrons. The molecule has 0 spiro atoms. The maximum absolute atomic E-state index is 11.8. The number of hydrogen-bond donors (Lipinski definition) is 2. The molecular formula is C9H18N2O2S. The van der Waals surface area contributed by atoms with Crippen LogP contribution in [0, 0.1) is 11.8 Å². The number of carbonyl (C=O) groups excluding carboxylic acids is 1. The van der Waals surface area contributed by atoms with Crippen molar-refractivity contribution >= 4 is 23.1 Å². The van der Waals surface area contributed by atoms with Gasteiger partial charge in [0, 0.05) is 13.6 Å². The number of amides is 1. The van der Waals surface area contributed by atoms with E-state index in [0.717, 1.165) is 0 Å². The van der Waals surface area contributed by atoms with Gasteiger partial charge in [0.2, 0.25) is 5.91 Å². The van der Waals surface area contributed by atoms with Crippen molar-refractivity contribution in [2.45, 2.75) is 13.8 Å². The number of nitrogens with zero attached hydrogens (tertiary/aromatic N) is 1. The van der Waals surface area contributed by atoms with Crippen molar-refractivity contribution in [3.05, 3.63) is 0 Å². The molecule has 0 aliphatic heterocycles. The van der Waals surface area contributed by atoms with Crippen LogP contribution in [0.3, 0.4) is 0 Å². The fraction of sp³-hybridized carbons (Fsp3) is 0.778. The highest BCUT2D eigenvalue weighted by atomic mass is 32.1. The second-order valence-electron chi connectivity index (χ2n) is 3.61. The van der Waals surface area contributed by atoms with E-state index in [1.807, 2.05) is 13.8 Å². The molecule has 0 aromatic rings. The van der Waals surface area contributed by atoms with Crippen LogP contribution in [0.5, 0.6) is 0 Å². The fourth-order valence-corrected chi connectivity index (χ4v) is 1.61. The van der Waals surface area contributed by atoms with Gasteiger partial charge in [-0.3, -0.25) is 4.79 Å². The zero-order chi connectivity index (χ0) is 11.3. The van der Waals surface area contributed by atoms with Crippen molar-refractivity contribution in [3.8, 4) is 0 Å². The van der Waals surface area contributed by atoms with Gasteiger partial charge in [-0.05, 0) is 5.92 Å². The Labute approximate surface area is 90.1 Å². The average molecular weight is 218 g/mol. The summed E-state index contributed by atoms with van der Waals surface area (Å²) in [5, 5.41) is 8.69. The summed E-state index contributed by atoms with van der Waals surface area (Å²) in [4.78, 5) is 13.4. The Morgan fingerprint density at radius 2 is 2.07 bits per heavy atom. The number of aliphatic hydroxyl groups is 1. The minimum absolute atomic E-state index is 0.0512. The van der Waals surface area contributed by atoms with Gasteiger partial charge in [-0.2, -0.15) is 0 Å². The summed E-state index contributed by atoms with van der Waals surface area (Å²) in [5.74, 6) is -0.468. The summed E-state index contributed by atoms with van der Waals surface area (Å²) in [6.45, 7) is 4.05. The van der Waals surface area contributed by atoms with E-state index >= 15 is 0 Å². The van der Waals surface area contributed by atoms with Gasteiger partial charge in [-0.1, -0.05) is 26.1 Å². The molecule has 3 N–H and O–H groups in total. The molecule has 5 heteroatoms. The Morgan fingerprint density at radius 3 is 2.36 bits per heavy atom. The van der Waals surface area contributed by atoms with E-state index in [1.165, 1.54) is 4.90 Å². The van der Waals surface area contributed by atoms with Crippen molar-refractivity contribution in [3.63, 3.8) is 0 Å². The second kappa shape index (κ2) is 5.93. The van der Waals surface area contributed by atoms with Gasteiger partial charge >= 0.3 is 0 Å². The lowest BCUT2D eigenvalue weighted by atomic mass is 9.94. The van der Waals surface area contributed by atoms with Gasteiger partial charge in [-0.25, -0.2) is 0 Å². The topological polar surface area (TPSA) is 66.6 Å². The Hall–Kier alpha value is -0.680. The van der Waals surface area contributed by atoms with Crippen molar-refractivity contribution in [2.24, 2.45) is 17.6 Å². The molecule has 0 heterocycles. The largest absolute Gasteiger partial charge is 0.395 e. The van der Waals surface area contributed by atoms with Crippen LogP contribution in [0.25, 0.3) is 0 Å². The van der Waals surface area contributed by atoms with Crippen LogP contribution < -0.4 is 5.73 Å². The first-order chi connectivity index (χ1) is 6.41. The van der Waals surface area contributed by atoms with Crippen LogP contribution in [0.4, 0.5) is 0 Å². The van der Waals surface area contributed by atoms with Crippen molar-refractivity contribution < 1.29 is 9.90 Å². The van der Waals surface area contributed by atoms with Crippen molar-refractivity contribution in [2.75, 3.05) is 20.2 Å². The molecule has 0 saturated carbocycles. The normalized spacial score (nSPS) is 12.6. The molecule has 0 rings (SSSR count). The maximum Gasteiger partial charge on any atom is 0.232 e. The molecule has 0 bridgehead atoms. The Kier molecular flexibility index (Phi) is 5.64. The first kappa shape index (κ1) is 13.3. The van der Waals surface area contributed by atoms with Crippen LogP contribution in [0.2, 0.25) is 0 Å². The molecule has 4 nitrogen and oxygen atoms in total. The Morgan fingerprint density at radius 1 is 1.57 bits per heavy atom. The van der Waals surface area contributed by atoms with Gasteiger partial charge in [0.05, 0.1) is 17.5 Å². The minimum Gasteiger partial charge on any atom is -0.395 e. The molecular weight excluding hydrogens is 200 g/mol. The Bertz CT molecular complexity index is 219. The van der Waals surface area contributed by atoms with E-state index in [2.05, 4.69) is 0 Å². The zero-order valence-electron chi connectivity index (χ0n) is 8.86. The van der Waals surface area contributed by atoms with E-state index in [4.69, 9.17) is 23.1 Å². The van der Waals surface area contributed by atoms with Gasteiger partial charge < -0.3 is 15.7 Å². The highest BCUT2D eigenvalue weighted by Crippen LogP contribution is 2.13. The standard InChI is InChI=1S/C9H18N2O2S/c1-6(2)7(8(10)14)9(13)11(3)4-5-12/h6-7,12H,4-5H2,1-3H3,(H2,10,14). The molecule has 82 valence electrons. The smallest absolute Gasteiger partial charge is 0.232 e. The van der Waals surface area contributed by atoms with E-state index < -0.39 is 5.92 Å². The molecule has 0 fully saturated rings. The minimum atomic E-state index is -0.429. The number of aliphatic hydroxyl groups excluding tert-OH is 1. The Balaban J connectivity index is 4.52. The highest BCUT2D eigenvalue weighted by molar-refractivity contribution is 7.80. The number of rotatable bonds is 5. The number of carbonyl (C=O) groups is 1. The van der Waals surface area contributed by atoms with Crippen LogP contribution >= 0.6 is 12.2 Å². The van der Waals surface area contributed by atoms with Gasteiger partial charge in [0.25, 0.3) is 0 Å².